The van der Waals surface area contributed by atoms with Gasteiger partial charge < -0.3 is 15.4 Å². The lowest BCUT2D eigenvalue weighted by Gasteiger charge is -2.08. The van der Waals surface area contributed by atoms with E-state index in [0.717, 1.165) is 11.1 Å². The smallest absolute Gasteiger partial charge is 0.270 e. The van der Waals surface area contributed by atoms with Crippen LogP contribution in [0, 0.1) is 0 Å². The highest BCUT2D eigenvalue weighted by Crippen LogP contribution is 2.12. The Bertz CT molecular complexity index is 979. The van der Waals surface area contributed by atoms with E-state index in [0.29, 0.717) is 25.3 Å². The summed E-state index contributed by atoms with van der Waals surface area (Å²) >= 11 is 0. The molecule has 2 aromatic heterocycles. The van der Waals surface area contributed by atoms with E-state index in [-0.39, 0.29) is 23.2 Å². The molecule has 0 unspecified atom stereocenters. The van der Waals surface area contributed by atoms with Crippen LogP contribution in [0.1, 0.15) is 32.1 Å². The molecule has 0 saturated carbocycles. The number of ether oxygens (including phenoxy) is 1. The van der Waals surface area contributed by atoms with Gasteiger partial charge >= 0.3 is 0 Å². The van der Waals surface area contributed by atoms with E-state index in [1.54, 1.807) is 19.5 Å². The number of pyridine rings is 1. The zero-order valence-electron chi connectivity index (χ0n) is 16.0. The summed E-state index contributed by atoms with van der Waals surface area (Å²) in [5.74, 6) is -0.0400. The van der Waals surface area contributed by atoms with Gasteiger partial charge in [0.05, 0.1) is 7.11 Å². The van der Waals surface area contributed by atoms with E-state index in [2.05, 4.69) is 25.6 Å². The molecular weight excluding hydrogens is 370 g/mol. The summed E-state index contributed by atoms with van der Waals surface area (Å²) in [4.78, 5) is 36.6. The molecule has 0 fully saturated rings. The van der Waals surface area contributed by atoms with Crippen molar-refractivity contribution >= 4 is 11.8 Å². The highest BCUT2D eigenvalue weighted by molar-refractivity contribution is 5.97. The summed E-state index contributed by atoms with van der Waals surface area (Å²) in [5.41, 5.74) is 2.17. The molecule has 2 heterocycles. The lowest BCUT2D eigenvalue weighted by molar-refractivity contribution is 0.0945. The summed E-state index contributed by atoms with van der Waals surface area (Å²) in [6.45, 7) is 0.749. The van der Waals surface area contributed by atoms with Crippen LogP contribution >= 0.6 is 0 Å². The molecule has 3 aromatic rings. The van der Waals surface area contributed by atoms with Crippen LogP contribution in [-0.4, -0.2) is 40.4 Å². The number of amides is 2. The molecule has 2 amide bonds. The Kier molecular flexibility index (Phi) is 6.83. The van der Waals surface area contributed by atoms with Gasteiger partial charge in [-0.2, -0.15) is 0 Å². The van der Waals surface area contributed by atoms with Crippen molar-refractivity contribution in [1.82, 2.24) is 25.6 Å². The fourth-order valence-electron chi connectivity index (χ4n) is 2.62. The predicted molar refractivity (Wildman–Crippen MR) is 106 cm³/mol. The number of carbonyl (C=O) groups excluding carboxylic acids is 2. The van der Waals surface area contributed by atoms with Gasteiger partial charge in [0.1, 0.15) is 23.5 Å². The molecule has 8 nitrogen and oxygen atoms in total. The number of nitrogens with one attached hydrogen (secondary N) is 2. The molecule has 0 spiro atoms. The molecule has 1 aromatic carbocycles. The van der Waals surface area contributed by atoms with E-state index in [4.69, 9.17) is 4.74 Å². The van der Waals surface area contributed by atoms with Crippen molar-refractivity contribution in [2.75, 3.05) is 13.7 Å². The van der Waals surface area contributed by atoms with Gasteiger partial charge in [0.25, 0.3) is 11.8 Å². The Balaban J connectivity index is 1.54. The SMILES string of the molecule is COc1cccc(CNC(=O)c2cc(C(=O)NCCc3cccnc3)ncn2)c1. The van der Waals surface area contributed by atoms with Crippen LogP contribution in [0.2, 0.25) is 0 Å². The summed E-state index contributed by atoms with van der Waals surface area (Å²) in [6, 6.07) is 12.5. The van der Waals surface area contributed by atoms with E-state index >= 15 is 0 Å². The Labute approximate surface area is 168 Å². The molecular formula is C21H21N5O3. The fraction of sp³-hybridized carbons (Fsp3) is 0.190. The first-order valence-corrected chi connectivity index (χ1v) is 9.06. The molecule has 0 radical (unpaired) electrons. The minimum atomic E-state index is -0.389. The standard InChI is InChI=1S/C21H21N5O3/c1-29-17-6-2-4-16(10-17)13-24-21(28)19-11-18(25-14-26-19)20(27)23-9-7-15-5-3-8-22-12-15/h2-6,8,10-12,14H,7,9,13H2,1H3,(H,23,27)(H,24,28). The fourth-order valence-corrected chi connectivity index (χ4v) is 2.62. The van der Waals surface area contributed by atoms with Crippen LogP contribution in [0.15, 0.2) is 61.2 Å². The molecule has 0 saturated heterocycles. The van der Waals surface area contributed by atoms with Gasteiger partial charge in [0.2, 0.25) is 0 Å². The number of aromatic nitrogens is 3. The first-order chi connectivity index (χ1) is 14.2. The molecule has 2 N–H and O–H groups in total. The quantitative estimate of drug-likeness (QED) is 0.606. The maximum atomic E-state index is 12.4. The van der Waals surface area contributed by atoms with Crippen LogP contribution in [0.5, 0.6) is 5.75 Å². The average Bonchev–Trinajstić information content (AvgIpc) is 2.78. The minimum Gasteiger partial charge on any atom is -0.497 e. The van der Waals surface area contributed by atoms with E-state index in [1.807, 2.05) is 36.4 Å². The van der Waals surface area contributed by atoms with Crippen LogP contribution in [0.4, 0.5) is 0 Å². The molecule has 0 aliphatic carbocycles. The summed E-state index contributed by atoms with van der Waals surface area (Å²) < 4.78 is 5.17. The molecule has 0 aliphatic heterocycles. The monoisotopic (exact) mass is 391 g/mol. The Morgan fingerprint density at radius 2 is 1.72 bits per heavy atom. The van der Waals surface area contributed by atoms with Crippen LogP contribution in [0.3, 0.4) is 0 Å². The predicted octanol–water partition coefficient (Wildman–Crippen LogP) is 1.78. The first kappa shape index (κ1) is 19.9. The topological polar surface area (TPSA) is 106 Å². The molecule has 0 bridgehead atoms. The Morgan fingerprint density at radius 1 is 0.966 bits per heavy atom. The van der Waals surface area contributed by atoms with Crippen molar-refractivity contribution in [3.05, 3.63) is 83.7 Å². The third-order valence-electron chi connectivity index (χ3n) is 4.14. The maximum absolute atomic E-state index is 12.4. The summed E-state index contributed by atoms with van der Waals surface area (Å²) in [5, 5.41) is 5.56. The second-order valence-corrected chi connectivity index (χ2v) is 6.19. The van der Waals surface area contributed by atoms with Crippen molar-refractivity contribution in [2.24, 2.45) is 0 Å². The van der Waals surface area contributed by atoms with Crippen molar-refractivity contribution in [3.8, 4) is 5.75 Å². The minimum absolute atomic E-state index is 0.125. The third kappa shape index (κ3) is 5.83. The van der Waals surface area contributed by atoms with Crippen molar-refractivity contribution in [3.63, 3.8) is 0 Å². The molecule has 0 aliphatic rings. The number of nitrogens with zero attached hydrogens (tertiary/aromatic N) is 3. The highest BCUT2D eigenvalue weighted by Gasteiger charge is 2.13. The molecule has 8 heteroatoms. The van der Waals surface area contributed by atoms with E-state index < -0.39 is 0 Å². The zero-order chi connectivity index (χ0) is 20.5. The molecule has 3 rings (SSSR count). The maximum Gasteiger partial charge on any atom is 0.270 e. The van der Waals surface area contributed by atoms with Crippen LogP contribution < -0.4 is 15.4 Å². The van der Waals surface area contributed by atoms with Crippen LogP contribution in [0.25, 0.3) is 0 Å². The third-order valence-corrected chi connectivity index (χ3v) is 4.14. The number of hydrogen-bond donors (Lipinski definition) is 2. The van der Waals surface area contributed by atoms with Crippen molar-refractivity contribution < 1.29 is 14.3 Å². The normalized spacial score (nSPS) is 10.2. The lowest BCUT2D eigenvalue weighted by atomic mass is 10.2. The summed E-state index contributed by atoms with van der Waals surface area (Å²) in [6.07, 6.45) is 5.31. The van der Waals surface area contributed by atoms with Gasteiger partial charge in [-0.3, -0.25) is 14.6 Å². The second-order valence-electron chi connectivity index (χ2n) is 6.19. The number of methoxy groups -OCH3 is 1. The molecule has 0 atom stereocenters. The van der Waals surface area contributed by atoms with Crippen molar-refractivity contribution in [1.29, 1.82) is 0 Å². The second kappa shape index (κ2) is 9.93. The number of benzene rings is 1. The first-order valence-electron chi connectivity index (χ1n) is 9.06. The highest BCUT2D eigenvalue weighted by atomic mass is 16.5. The van der Waals surface area contributed by atoms with Gasteiger partial charge in [-0.1, -0.05) is 18.2 Å². The van der Waals surface area contributed by atoms with Crippen LogP contribution in [-0.2, 0) is 13.0 Å². The average molecular weight is 391 g/mol. The lowest BCUT2D eigenvalue weighted by Crippen LogP contribution is -2.28. The number of carbonyl (C=O) groups is 2. The van der Waals surface area contributed by atoms with E-state index in [1.165, 1.54) is 12.4 Å². The largest absolute Gasteiger partial charge is 0.497 e. The number of hydrogen-bond acceptors (Lipinski definition) is 6. The van der Waals surface area contributed by atoms with Gasteiger partial charge in [-0.05, 0) is 35.7 Å². The van der Waals surface area contributed by atoms with Gasteiger partial charge in [-0.15, -0.1) is 0 Å². The molecule has 148 valence electrons. The Morgan fingerprint density at radius 3 is 2.45 bits per heavy atom. The van der Waals surface area contributed by atoms with Gasteiger partial charge in [0, 0.05) is 31.5 Å². The summed E-state index contributed by atoms with van der Waals surface area (Å²) in [7, 11) is 1.59. The zero-order valence-corrected chi connectivity index (χ0v) is 16.0. The van der Waals surface area contributed by atoms with E-state index in [9.17, 15) is 9.59 Å². The van der Waals surface area contributed by atoms with Crippen molar-refractivity contribution in [2.45, 2.75) is 13.0 Å². The van der Waals surface area contributed by atoms with Gasteiger partial charge in [0.15, 0.2) is 0 Å². The van der Waals surface area contributed by atoms with Gasteiger partial charge in [-0.25, -0.2) is 9.97 Å². The number of rotatable bonds is 8. The Hall–Kier alpha value is -3.81. The molecule has 29 heavy (non-hydrogen) atoms.